The molecule has 0 spiro atoms. The number of phenols is 2. The molecule has 0 amide bonds. The number of hydrogen-bond acceptors (Lipinski definition) is 8. The topological polar surface area (TPSA) is 112 Å². The molecule has 0 aliphatic rings. The van der Waals surface area contributed by atoms with Crippen LogP contribution in [0.15, 0.2) is 84.9 Å². The molecule has 0 heterocycles. The minimum absolute atomic E-state index is 0.139. The SMILES string of the molecule is CCCCCCOc1ccc(C(=O)Oc2ccc(-c3ccc(OC(=O)c4ccc(OCCCCCC)cc4)cc3O)c(O)c2)cc1. The Hall–Kier alpha value is -4.98. The lowest BCUT2D eigenvalue weighted by atomic mass is 10.0. The van der Waals surface area contributed by atoms with E-state index in [2.05, 4.69) is 13.8 Å². The van der Waals surface area contributed by atoms with E-state index in [1.54, 1.807) is 48.5 Å². The van der Waals surface area contributed by atoms with Gasteiger partial charge in [0.2, 0.25) is 0 Å². The summed E-state index contributed by atoms with van der Waals surface area (Å²) >= 11 is 0. The lowest BCUT2D eigenvalue weighted by Crippen LogP contribution is -2.08. The van der Waals surface area contributed by atoms with Gasteiger partial charge in [0.05, 0.1) is 24.3 Å². The van der Waals surface area contributed by atoms with Gasteiger partial charge in [0.25, 0.3) is 0 Å². The molecular formula is C38H42O8. The minimum atomic E-state index is -0.583. The van der Waals surface area contributed by atoms with Crippen LogP contribution < -0.4 is 18.9 Å². The molecule has 0 saturated heterocycles. The summed E-state index contributed by atoms with van der Waals surface area (Å²) in [4.78, 5) is 25.3. The van der Waals surface area contributed by atoms with Crippen molar-refractivity contribution in [2.75, 3.05) is 13.2 Å². The Morgan fingerprint density at radius 2 is 0.870 bits per heavy atom. The Morgan fingerprint density at radius 1 is 0.500 bits per heavy atom. The molecule has 0 saturated carbocycles. The first-order valence-electron chi connectivity index (χ1n) is 15.9. The summed E-state index contributed by atoms with van der Waals surface area (Å²) < 4.78 is 22.3. The van der Waals surface area contributed by atoms with Gasteiger partial charge in [0.15, 0.2) is 0 Å². The predicted molar refractivity (Wildman–Crippen MR) is 177 cm³/mol. The average Bonchev–Trinajstić information content (AvgIpc) is 3.05. The molecule has 0 radical (unpaired) electrons. The second-order valence-corrected chi connectivity index (χ2v) is 11.0. The van der Waals surface area contributed by atoms with E-state index in [4.69, 9.17) is 18.9 Å². The fraction of sp³-hybridized carbons (Fsp3) is 0.316. The van der Waals surface area contributed by atoms with Crippen molar-refractivity contribution < 1.29 is 38.7 Å². The zero-order valence-corrected chi connectivity index (χ0v) is 26.5. The summed E-state index contributed by atoms with van der Waals surface area (Å²) in [5, 5.41) is 21.4. The molecule has 2 N–H and O–H groups in total. The Kier molecular flexibility index (Phi) is 12.9. The molecule has 0 fully saturated rings. The Morgan fingerprint density at radius 3 is 1.22 bits per heavy atom. The average molecular weight is 627 g/mol. The summed E-state index contributed by atoms with van der Waals surface area (Å²) in [7, 11) is 0. The van der Waals surface area contributed by atoms with E-state index in [9.17, 15) is 19.8 Å². The first-order valence-corrected chi connectivity index (χ1v) is 15.9. The largest absolute Gasteiger partial charge is 0.507 e. The molecule has 0 bridgehead atoms. The van der Waals surface area contributed by atoms with E-state index in [1.807, 2.05) is 0 Å². The van der Waals surface area contributed by atoms with Crippen molar-refractivity contribution in [3.8, 4) is 45.6 Å². The highest BCUT2D eigenvalue weighted by molar-refractivity contribution is 5.92. The Bertz CT molecular complexity index is 1440. The maximum Gasteiger partial charge on any atom is 0.343 e. The molecule has 0 aliphatic heterocycles. The lowest BCUT2D eigenvalue weighted by molar-refractivity contribution is 0.0724. The second kappa shape index (κ2) is 17.5. The molecule has 46 heavy (non-hydrogen) atoms. The number of aromatic hydroxyl groups is 2. The number of esters is 2. The molecule has 0 aromatic heterocycles. The van der Waals surface area contributed by atoms with Crippen LogP contribution in [-0.2, 0) is 0 Å². The molecule has 0 atom stereocenters. The van der Waals surface area contributed by atoms with Crippen molar-refractivity contribution >= 4 is 11.9 Å². The van der Waals surface area contributed by atoms with E-state index in [1.165, 1.54) is 62.1 Å². The van der Waals surface area contributed by atoms with Crippen molar-refractivity contribution in [3.05, 3.63) is 96.1 Å². The number of hydrogen-bond donors (Lipinski definition) is 2. The van der Waals surface area contributed by atoms with E-state index in [0.717, 1.165) is 25.7 Å². The van der Waals surface area contributed by atoms with Crippen molar-refractivity contribution in [3.63, 3.8) is 0 Å². The highest BCUT2D eigenvalue weighted by Gasteiger charge is 2.16. The summed E-state index contributed by atoms with van der Waals surface area (Å²) in [5.41, 5.74) is 1.29. The van der Waals surface area contributed by atoms with Gasteiger partial charge in [-0.3, -0.25) is 0 Å². The van der Waals surface area contributed by atoms with Crippen LogP contribution in [0.2, 0.25) is 0 Å². The van der Waals surface area contributed by atoms with Gasteiger partial charge in [-0.15, -0.1) is 0 Å². The fourth-order valence-corrected chi connectivity index (χ4v) is 4.75. The molecule has 8 heteroatoms. The van der Waals surface area contributed by atoms with Crippen LogP contribution in [0.25, 0.3) is 11.1 Å². The van der Waals surface area contributed by atoms with Gasteiger partial charge in [-0.1, -0.05) is 52.4 Å². The van der Waals surface area contributed by atoms with Gasteiger partial charge in [0, 0.05) is 23.3 Å². The number of ether oxygens (including phenoxy) is 4. The first kappa shape index (κ1) is 33.9. The number of carbonyl (C=O) groups is 2. The van der Waals surface area contributed by atoms with E-state index >= 15 is 0 Å². The van der Waals surface area contributed by atoms with Crippen LogP contribution in [0.4, 0.5) is 0 Å². The maximum atomic E-state index is 12.7. The lowest BCUT2D eigenvalue weighted by Gasteiger charge is -2.12. The van der Waals surface area contributed by atoms with Gasteiger partial charge in [-0.25, -0.2) is 9.59 Å². The molecule has 0 aliphatic carbocycles. The zero-order valence-electron chi connectivity index (χ0n) is 26.5. The minimum Gasteiger partial charge on any atom is -0.507 e. The molecule has 4 aromatic rings. The number of carbonyl (C=O) groups excluding carboxylic acids is 2. The van der Waals surface area contributed by atoms with Gasteiger partial charge in [-0.2, -0.15) is 0 Å². The third-order valence-corrected chi connectivity index (χ3v) is 7.36. The van der Waals surface area contributed by atoms with Crippen LogP contribution in [0.1, 0.15) is 85.9 Å². The third kappa shape index (κ3) is 10.0. The van der Waals surface area contributed by atoms with Crippen LogP contribution >= 0.6 is 0 Å². The molecule has 242 valence electrons. The molecule has 4 rings (SSSR count). The number of benzene rings is 4. The van der Waals surface area contributed by atoms with Crippen LogP contribution in [0.5, 0.6) is 34.5 Å². The van der Waals surface area contributed by atoms with Gasteiger partial charge in [0.1, 0.15) is 34.5 Å². The first-order chi connectivity index (χ1) is 22.4. The normalized spacial score (nSPS) is 10.7. The molecule has 0 unspecified atom stereocenters. The molecule has 8 nitrogen and oxygen atoms in total. The third-order valence-electron chi connectivity index (χ3n) is 7.36. The smallest absolute Gasteiger partial charge is 0.343 e. The standard InChI is InChI=1S/C38H42O8/c1-3-5-7-9-23-43-29-15-11-27(12-16-29)37(41)45-31-19-21-33(35(39)25-31)34-22-20-32(26-36(34)40)46-38(42)28-13-17-30(18-14-28)44-24-10-8-6-4-2/h11-22,25-26,39-40H,3-10,23-24H2,1-2H3. The fourth-order valence-electron chi connectivity index (χ4n) is 4.75. The van der Waals surface area contributed by atoms with E-state index in [-0.39, 0.29) is 23.0 Å². The van der Waals surface area contributed by atoms with E-state index in [0.29, 0.717) is 47.0 Å². The zero-order chi connectivity index (χ0) is 32.7. The summed E-state index contributed by atoms with van der Waals surface area (Å²) in [6, 6.07) is 22.1. The van der Waals surface area contributed by atoms with Crippen molar-refractivity contribution in [2.24, 2.45) is 0 Å². The van der Waals surface area contributed by atoms with Crippen molar-refractivity contribution in [2.45, 2.75) is 65.2 Å². The number of phenolic OH excluding ortho intramolecular Hbond substituents is 2. The quantitative estimate of drug-likeness (QED) is 0.0678. The Balaban J connectivity index is 1.31. The van der Waals surface area contributed by atoms with E-state index < -0.39 is 11.9 Å². The van der Waals surface area contributed by atoms with Crippen LogP contribution in [0, 0.1) is 0 Å². The second-order valence-electron chi connectivity index (χ2n) is 11.0. The van der Waals surface area contributed by atoms with Crippen molar-refractivity contribution in [1.82, 2.24) is 0 Å². The van der Waals surface area contributed by atoms with Gasteiger partial charge >= 0.3 is 11.9 Å². The number of rotatable bonds is 17. The summed E-state index contributed by atoms with van der Waals surface area (Å²) in [6.45, 7) is 5.58. The predicted octanol–water partition coefficient (Wildman–Crippen LogP) is 9.12. The summed E-state index contributed by atoms with van der Waals surface area (Å²) in [6.07, 6.45) is 8.91. The van der Waals surface area contributed by atoms with Gasteiger partial charge in [-0.05, 0) is 85.6 Å². The van der Waals surface area contributed by atoms with Crippen molar-refractivity contribution in [1.29, 1.82) is 0 Å². The van der Waals surface area contributed by atoms with Crippen LogP contribution in [-0.4, -0.2) is 35.4 Å². The van der Waals surface area contributed by atoms with Crippen LogP contribution in [0.3, 0.4) is 0 Å². The maximum absolute atomic E-state index is 12.7. The molecular weight excluding hydrogens is 584 g/mol. The monoisotopic (exact) mass is 626 g/mol. The number of unbranched alkanes of at least 4 members (excludes halogenated alkanes) is 6. The highest BCUT2D eigenvalue weighted by atomic mass is 16.5. The Labute approximate surface area is 270 Å². The summed E-state index contributed by atoms with van der Waals surface area (Å²) in [5.74, 6) is 0.0717. The van der Waals surface area contributed by atoms with Gasteiger partial charge < -0.3 is 29.2 Å². The highest BCUT2D eigenvalue weighted by Crippen LogP contribution is 2.39. The molecule has 4 aromatic carbocycles.